The van der Waals surface area contributed by atoms with Crippen molar-refractivity contribution >= 4 is 7.12 Å². The summed E-state index contributed by atoms with van der Waals surface area (Å²) in [6.07, 6.45) is 5.03. The smallest absolute Gasteiger partial charge is 0.454 e. The molecule has 27 heavy (non-hydrogen) atoms. The summed E-state index contributed by atoms with van der Waals surface area (Å²) in [6.45, 7) is 0.387. The molecule has 2 aliphatic rings. The van der Waals surface area contributed by atoms with E-state index >= 15 is 0 Å². The van der Waals surface area contributed by atoms with E-state index in [0.29, 0.717) is 30.0 Å². The molecule has 2 heterocycles. The van der Waals surface area contributed by atoms with Gasteiger partial charge in [-0.1, -0.05) is 0 Å². The fraction of sp³-hybridized carbons (Fsp3) is 0.450. The minimum Gasteiger partial charge on any atom is -0.493 e. The van der Waals surface area contributed by atoms with Gasteiger partial charge in [-0.15, -0.1) is 0 Å². The van der Waals surface area contributed by atoms with Crippen molar-refractivity contribution in [1.82, 2.24) is 4.98 Å². The van der Waals surface area contributed by atoms with Crippen LogP contribution in [0.15, 0.2) is 30.3 Å². The van der Waals surface area contributed by atoms with Gasteiger partial charge in [-0.05, 0) is 62.3 Å². The Morgan fingerprint density at radius 3 is 2.70 bits per heavy atom. The summed E-state index contributed by atoms with van der Waals surface area (Å²) in [5, 5.41) is 9.58. The van der Waals surface area contributed by atoms with Gasteiger partial charge in [-0.3, -0.25) is 0 Å². The SMILES string of the molecule is COc1ccc(-c2nc(C3COB(O)C3)ccc2F)cc1OC1CCCC1. The zero-order valence-corrected chi connectivity index (χ0v) is 15.4. The number of benzene rings is 1. The molecule has 1 aliphatic carbocycles. The van der Waals surface area contributed by atoms with Crippen LogP contribution in [0.4, 0.5) is 4.39 Å². The fourth-order valence-corrected chi connectivity index (χ4v) is 3.80. The van der Waals surface area contributed by atoms with Crippen LogP contribution in [0.2, 0.25) is 6.32 Å². The first-order valence-electron chi connectivity index (χ1n) is 9.45. The van der Waals surface area contributed by atoms with E-state index in [4.69, 9.17) is 14.1 Å². The molecule has 1 saturated heterocycles. The Hall–Kier alpha value is -2.12. The van der Waals surface area contributed by atoms with Crippen LogP contribution < -0.4 is 9.47 Å². The maximum atomic E-state index is 14.5. The number of hydrogen-bond acceptors (Lipinski definition) is 5. The van der Waals surface area contributed by atoms with Crippen LogP contribution in [0.5, 0.6) is 11.5 Å². The molecule has 0 radical (unpaired) electrons. The molecule has 0 spiro atoms. The molecular formula is C20H23BFNO4. The first-order valence-corrected chi connectivity index (χ1v) is 9.45. The largest absolute Gasteiger partial charge is 0.493 e. The molecule has 5 nitrogen and oxygen atoms in total. The Kier molecular flexibility index (Phi) is 5.32. The summed E-state index contributed by atoms with van der Waals surface area (Å²) < 4.78 is 31.3. The van der Waals surface area contributed by atoms with Gasteiger partial charge in [-0.2, -0.15) is 0 Å². The third-order valence-corrected chi connectivity index (χ3v) is 5.29. The lowest BCUT2D eigenvalue weighted by atomic mass is 9.81. The lowest BCUT2D eigenvalue weighted by molar-refractivity contribution is 0.201. The monoisotopic (exact) mass is 371 g/mol. The van der Waals surface area contributed by atoms with Crippen molar-refractivity contribution in [2.24, 2.45) is 0 Å². The number of methoxy groups -OCH3 is 1. The molecule has 1 aromatic carbocycles. The number of nitrogens with zero attached hydrogens (tertiary/aromatic N) is 1. The summed E-state index contributed by atoms with van der Waals surface area (Å²) in [5.41, 5.74) is 1.63. The summed E-state index contributed by atoms with van der Waals surface area (Å²) in [4.78, 5) is 4.52. The summed E-state index contributed by atoms with van der Waals surface area (Å²) in [5.74, 6) is 0.824. The van der Waals surface area contributed by atoms with Gasteiger partial charge in [0, 0.05) is 23.8 Å². The zero-order chi connectivity index (χ0) is 18.8. The van der Waals surface area contributed by atoms with Crippen LogP contribution in [0, 0.1) is 5.82 Å². The quantitative estimate of drug-likeness (QED) is 0.810. The maximum Gasteiger partial charge on any atom is 0.454 e. The van der Waals surface area contributed by atoms with Gasteiger partial charge in [0.15, 0.2) is 11.5 Å². The third kappa shape index (κ3) is 3.94. The van der Waals surface area contributed by atoms with Gasteiger partial charge in [0.05, 0.1) is 13.2 Å². The highest BCUT2D eigenvalue weighted by atomic mass is 19.1. The second-order valence-corrected chi connectivity index (χ2v) is 7.18. The summed E-state index contributed by atoms with van der Waals surface area (Å²) in [6, 6.07) is 8.45. The normalized spacial score (nSPS) is 20.3. The number of pyridine rings is 1. The Morgan fingerprint density at radius 2 is 2.00 bits per heavy atom. The number of ether oxygens (including phenoxy) is 2. The summed E-state index contributed by atoms with van der Waals surface area (Å²) in [7, 11) is 0.819. The van der Waals surface area contributed by atoms with Crippen LogP contribution in [0.1, 0.15) is 37.3 Å². The second kappa shape index (κ2) is 7.86. The van der Waals surface area contributed by atoms with Crippen LogP contribution >= 0.6 is 0 Å². The molecule has 1 unspecified atom stereocenters. The first-order chi connectivity index (χ1) is 13.1. The number of rotatable bonds is 5. The topological polar surface area (TPSA) is 60.8 Å². The van der Waals surface area contributed by atoms with E-state index in [1.165, 1.54) is 18.9 Å². The molecule has 1 aliphatic heterocycles. The maximum absolute atomic E-state index is 14.5. The van der Waals surface area contributed by atoms with Gasteiger partial charge < -0.3 is 19.2 Å². The lowest BCUT2D eigenvalue weighted by Gasteiger charge is -2.17. The van der Waals surface area contributed by atoms with Gasteiger partial charge in [-0.25, -0.2) is 9.37 Å². The first kappa shape index (κ1) is 18.3. The third-order valence-electron chi connectivity index (χ3n) is 5.29. The van der Waals surface area contributed by atoms with Gasteiger partial charge >= 0.3 is 7.12 Å². The van der Waals surface area contributed by atoms with Crippen LogP contribution in [-0.4, -0.2) is 36.9 Å². The summed E-state index contributed by atoms with van der Waals surface area (Å²) >= 11 is 0. The molecule has 2 fully saturated rings. The predicted molar refractivity (Wildman–Crippen MR) is 101 cm³/mol. The minimum atomic E-state index is -0.780. The number of hydrogen-bond donors (Lipinski definition) is 1. The predicted octanol–water partition coefficient (Wildman–Crippen LogP) is 3.81. The van der Waals surface area contributed by atoms with Crippen LogP contribution in [-0.2, 0) is 4.65 Å². The fourth-order valence-electron chi connectivity index (χ4n) is 3.80. The average molecular weight is 371 g/mol. The Labute approximate surface area is 158 Å². The van der Waals surface area contributed by atoms with Crippen molar-refractivity contribution < 1.29 is 23.5 Å². The van der Waals surface area contributed by atoms with Gasteiger partial charge in [0.1, 0.15) is 11.5 Å². The highest BCUT2D eigenvalue weighted by Crippen LogP contribution is 2.36. The molecule has 4 rings (SSSR count). The van der Waals surface area contributed by atoms with E-state index in [1.807, 2.05) is 0 Å². The molecule has 7 heteroatoms. The Balaban J connectivity index is 1.65. The zero-order valence-electron chi connectivity index (χ0n) is 15.4. The van der Waals surface area contributed by atoms with Crippen molar-refractivity contribution in [3.05, 3.63) is 41.8 Å². The average Bonchev–Trinajstić information content (AvgIpc) is 3.34. The second-order valence-electron chi connectivity index (χ2n) is 7.18. The number of halogens is 1. The highest BCUT2D eigenvalue weighted by molar-refractivity contribution is 6.43. The van der Waals surface area contributed by atoms with E-state index in [0.717, 1.165) is 18.5 Å². The molecule has 0 bridgehead atoms. The molecule has 1 atom stereocenters. The standard InChI is InChI=1S/C20H23BFNO4/c1-25-18-9-6-13(10-19(18)27-15-4-2-3-5-15)20-16(22)7-8-17(23-20)14-11-21(24)26-12-14/h6-10,14-15,24H,2-5,11-12H2,1H3. The highest BCUT2D eigenvalue weighted by Gasteiger charge is 2.31. The molecular weight excluding hydrogens is 348 g/mol. The lowest BCUT2D eigenvalue weighted by Crippen LogP contribution is -2.11. The van der Waals surface area contributed by atoms with Crippen molar-refractivity contribution in [2.45, 2.75) is 44.0 Å². The molecule has 1 aromatic heterocycles. The molecule has 142 valence electrons. The molecule has 1 N–H and O–H groups in total. The van der Waals surface area contributed by atoms with E-state index in [1.54, 1.807) is 31.4 Å². The molecule has 0 amide bonds. The van der Waals surface area contributed by atoms with Crippen molar-refractivity contribution in [2.75, 3.05) is 13.7 Å². The van der Waals surface area contributed by atoms with E-state index in [2.05, 4.69) is 4.98 Å². The number of aromatic nitrogens is 1. The Bertz CT molecular complexity index is 813. The molecule has 1 saturated carbocycles. The van der Waals surface area contributed by atoms with Crippen molar-refractivity contribution in [1.29, 1.82) is 0 Å². The van der Waals surface area contributed by atoms with Gasteiger partial charge in [0.2, 0.25) is 0 Å². The molecule has 2 aromatic rings. The van der Waals surface area contributed by atoms with Crippen molar-refractivity contribution in [3.63, 3.8) is 0 Å². The minimum absolute atomic E-state index is 0.0354. The van der Waals surface area contributed by atoms with Crippen molar-refractivity contribution in [3.8, 4) is 22.8 Å². The van der Waals surface area contributed by atoms with Crippen LogP contribution in [0.3, 0.4) is 0 Å². The van der Waals surface area contributed by atoms with Gasteiger partial charge in [0.25, 0.3) is 0 Å². The van der Waals surface area contributed by atoms with Crippen LogP contribution in [0.25, 0.3) is 11.3 Å². The van der Waals surface area contributed by atoms with E-state index in [9.17, 15) is 9.41 Å². The van der Waals surface area contributed by atoms with E-state index < -0.39 is 12.9 Å². The Morgan fingerprint density at radius 1 is 1.19 bits per heavy atom. The van der Waals surface area contributed by atoms with E-state index in [-0.39, 0.29) is 17.7 Å².